The van der Waals surface area contributed by atoms with Gasteiger partial charge in [-0.25, -0.2) is 9.66 Å². The number of hydrogen-bond donors (Lipinski definition) is 4. The van der Waals surface area contributed by atoms with Crippen LogP contribution >= 0.6 is 0 Å². The Hall–Kier alpha value is -1.53. The minimum absolute atomic E-state index is 0.333. The Balaban J connectivity index is 1.51. The number of rotatable bonds is 4. The molecular weight excluding hydrogens is 312 g/mol. The van der Waals surface area contributed by atoms with Crippen LogP contribution < -0.4 is 22.2 Å². The molecule has 2 saturated carbocycles. The Morgan fingerprint density at radius 1 is 1.16 bits per heavy atom. The maximum atomic E-state index is 6.84. The molecule has 2 aliphatic carbocycles. The summed E-state index contributed by atoms with van der Waals surface area (Å²) in [7, 11) is 0. The molecule has 2 heterocycles. The zero-order chi connectivity index (χ0) is 17.3. The van der Waals surface area contributed by atoms with E-state index in [-0.39, 0.29) is 0 Å². The van der Waals surface area contributed by atoms with Gasteiger partial charge in [0.05, 0.1) is 5.70 Å². The fourth-order valence-corrected chi connectivity index (χ4v) is 4.72. The van der Waals surface area contributed by atoms with Gasteiger partial charge in [0.2, 0.25) is 0 Å². The average molecular weight is 345 g/mol. The quantitative estimate of drug-likeness (QED) is 0.671. The molecule has 3 aliphatic rings. The van der Waals surface area contributed by atoms with Crippen LogP contribution in [0, 0.1) is 11.8 Å². The minimum Gasteiger partial charge on any atom is -0.382 e. The molecule has 6 nitrogen and oxygen atoms in total. The van der Waals surface area contributed by atoms with Gasteiger partial charge in [-0.05, 0) is 50.5 Å². The van der Waals surface area contributed by atoms with Crippen LogP contribution in [0.2, 0.25) is 0 Å². The lowest BCUT2D eigenvalue weighted by molar-refractivity contribution is 0.238. The number of nitrogens with two attached hydrogens (primary N) is 2. The molecule has 0 saturated heterocycles. The third-order valence-corrected chi connectivity index (χ3v) is 6.33. The molecule has 0 amide bonds. The van der Waals surface area contributed by atoms with Crippen molar-refractivity contribution in [2.75, 3.05) is 12.0 Å². The lowest BCUT2D eigenvalue weighted by atomic mass is 9.78. The first-order chi connectivity index (χ1) is 12.1. The predicted molar refractivity (Wildman–Crippen MR) is 101 cm³/mol. The van der Waals surface area contributed by atoms with E-state index in [0.29, 0.717) is 12.0 Å². The van der Waals surface area contributed by atoms with E-state index in [1.165, 1.54) is 32.1 Å². The van der Waals surface area contributed by atoms with E-state index in [0.717, 1.165) is 49.7 Å². The summed E-state index contributed by atoms with van der Waals surface area (Å²) < 4.78 is 1.98. The highest BCUT2D eigenvalue weighted by Crippen LogP contribution is 2.34. The summed E-state index contributed by atoms with van der Waals surface area (Å²) in [6.07, 6.45) is 17.0. The van der Waals surface area contributed by atoms with Crippen LogP contribution in [0.15, 0.2) is 18.5 Å². The minimum atomic E-state index is -0.539. The lowest BCUT2D eigenvalue weighted by Crippen LogP contribution is -2.59. The molecule has 2 fully saturated rings. The molecule has 138 valence electrons. The maximum absolute atomic E-state index is 6.84. The smallest absolute Gasteiger partial charge is 0.174 e. The predicted octanol–water partition coefficient (Wildman–Crippen LogP) is 2.12. The van der Waals surface area contributed by atoms with Crippen molar-refractivity contribution < 1.29 is 0 Å². The van der Waals surface area contributed by atoms with Crippen molar-refractivity contribution in [2.45, 2.75) is 69.5 Å². The summed E-state index contributed by atoms with van der Waals surface area (Å²) in [6, 6.07) is 0.333. The molecule has 1 aromatic rings. The zero-order valence-corrected chi connectivity index (χ0v) is 15.1. The van der Waals surface area contributed by atoms with Crippen molar-refractivity contribution in [3.8, 4) is 0 Å². The van der Waals surface area contributed by atoms with Gasteiger partial charge in [0, 0.05) is 30.9 Å². The molecule has 0 spiro atoms. The van der Waals surface area contributed by atoms with Gasteiger partial charge in [-0.1, -0.05) is 19.3 Å². The highest BCUT2D eigenvalue weighted by atomic mass is 15.5. The van der Waals surface area contributed by atoms with Crippen molar-refractivity contribution in [1.82, 2.24) is 15.0 Å². The first-order valence-corrected chi connectivity index (χ1v) is 9.97. The fraction of sp³-hybridized carbons (Fsp3) is 0.737. The third-order valence-electron chi connectivity index (χ3n) is 6.33. The molecule has 4 rings (SSSR count). The van der Waals surface area contributed by atoms with Crippen molar-refractivity contribution in [2.24, 2.45) is 23.3 Å². The zero-order valence-electron chi connectivity index (χ0n) is 15.1. The van der Waals surface area contributed by atoms with Crippen LogP contribution in [0.3, 0.4) is 0 Å². The monoisotopic (exact) mass is 344 g/mol. The summed E-state index contributed by atoms with van der Waals surface area (Å²) in [5.41, 5.74) is 16.9. The van der Waals surface area contributed by atoms with Gasteiger partial charge in [-0.3, -0.25) is 0 Å². The van der Waals surface area contributed by atoms with Crippen molar-refractivity contribution in [3.63, 3.8) is 0 Å². The Kier molecular flexibility index (Phi) is 4.73. The van der Waals surface area contributed by atoms with E-state index in [2.05, 4.69) is 21.8 Å². The lowest BCUT2D eigenvalue weighted by Gasteiger charge is -2.43. The molecule has 1 aromatic heterocycles. The van der Waals surface area contributed by atoms with Crippen molar-refractivity contribution in [3.05, 3.63) is 24.3 Å². The number of nitrogens with one attached hydrogen (secondary N) is 2. The SMILES string of the molecule is NC1CCC(C2(N)C=C(NCC3CCCCC3)c3nccn3N2)CC1. The summed E-state index contributed by atoms with van der Waals surface area (Å²) in [4.78, 5) is 4.52. The van der Waals surface area contributed by atoms with Gasteiger partial charge in [-0.2, -0.15) is 0 Å². The highest BCUT2D eigenvalue weighted by Gasteiger charge is 2.39. The molecular formula is C19H32N6. The first-order valence-electron chi connectivity index (χ1n) is 9.97. The number of fused-ring (bicyclic) bond motifs is 1. The van der Waals surface area contributed by atoms with E-state index >= 15 is 0 Å². The molecule has 6 heteroatoms. The van der Waals surface area contributed by atoms with Crippen molar-refractivity contribution >= 4 is 5.70 Å². The van der Waals surface area contributed by atoms with Gasteiger partial charge in [0.25, 0.3) is 0 Å². The summed E-state index contributed by atoms with van der Waals surface area (Å²) >= 11 is 0. The van der Waals surface area contributed by atoms with Crippen LogP contribution in [0.4, 0.5) is 0 Å². The normalized spacial score (nSPS) is 33.3. The van der Waals surface area contributed by atoms with Crippen LogP contribution in [-0.4, -0.2) is 27.9 Å². The van der Waals surface area contributed by atoms with E-state index in [4.69, 9.17) is 11.5 Å². The summed E-state index contributed by atoms with van der Waals surface area (Å²) in [5, 5.41) is 3.67. The van der Waals surface area contributed by atoms with Crippen LogP contribution in [0.1, 0.15) is 63.6 Å². The molecule has 0 radical (unpaired) electrons. The van der Waals surface area contributed by atoms with Gasteiger partial charge >= 0.3 is 0 Å². The largest absolute Gasteiger partial charge is 0.382 e. The second kappa shape index (κ2) is 7.00. The number of hydrogen-bond acceptors (Lipinski definition) is 5. The van der Waals surface area contributed by atoms with E-state index in [1.807, 2.05) is 17.1 Å². The number of nitrogens with zero attached hydrogens (tertiary/aromatic N) is 2. The Bertz CT molecular complexity index is 609. The van der Waals surface area contributed by atoms with Crippen molar-refractivity contribution in [1.29, 1.82) is 0 Å². The van der Waals surface area contributed by atoms with Crippen LogP contribution in [0.25, 0.3) is 5.70 Å². The molecule has 1 aliphatic heterocycles. The highest BCUT2D eigenvalue weighted by molar-refractivity contribution is 5.63. The number of aromatic nitrogens is 2. The van der Waals surface area contributed by atoms with Gasteiger partial charge in [0.15, 0.2) is 5.82 Å². The summed E-state index contributed by atoms with van der Waals surface area (Å²) in [6.45, 7) is 1.02. The van der Waals surface area contributed by atoms with Gasteiger partial charge in [0.1, 0.15) is 5.66 Å². The molecule has 0 bridgehead atoms. The Morgan fingerprint density at radius 3 is 2.68 bits per heavy atom. The second-order valence-corrected chi connectivity index (χ2v) is 8.22. The second-order valence-electron chi connectivity index (χ2n) is 8.22. The maximum Gasteiger partial charge on any atom is 0.174 e. The average Bonchev–Trinajstić information content (AvgIpc) is 3.09. The van der Waals surface area contributed by atoms with Gasteiger partial charge < -0.3 is 22.2 Å². The first kappa shape index (κ1) is 16.9. The fourth-order valence-electron chi connectivity index (χ4n) is 4.72. The van der Waals surface area contributed by atoms with E-state index in [9.17, 15) is 0 Å². The molecule has 0 aromatic carbocycles. The summed E-state index contributed by atoms with van der Waals surface area (Å²) in [5.74, 6) is 2.10. The van der Waals surface area contributed by atoms with E-state index in [1.54, 1.807) is 0 Å². The topological polar surface area (TPSA) is 93.9 Å². The Morgan fingerprint density at radius 2 is 1.92 bits per heavy atom. The standard InChI is InChI=1S/C19H32N6/c20-16-8-6-15(7-9-16)19(21)12-17(18-22-10-11-25(18)24-19)23-13-14-4-2-1-3-5-14/h10-12,14-16,23-24H,1-9,13,20-21H2. The van der Waals surface area contributed by atoms with Crippen LogP contribution in [-0.2, 0) is 0 Å². The molecule has 6 N–H and O–H groups in total. The number of imidazole rings is 1. The molecule has 1 unspecified atom stereocenters. The third kappa shape index (κ3) is 3.55. The van der Waals surface area contributed by atoms with E-state index < -0.39 is 5.66 Å². The molecule has 25 heavy (non-hydrogen) atoms. The van der Waals surface area contributed by atoms with Crippen LogP contribution in [0.5, 0.6) is 0 Å². The Labute approximate surface area is 150 Å². The molecule has 1 atom stereocenters. The van der Waals surface area contributed by atoms with Gasteiger partial charge in [-0.15, -0.1) is 0 Å².